The van der Waals surface area contributed by atoms with Gasteiger partial charge in [-0.2, -0.15) is 0 Å². The maximum Gasteiger partial charge on any atom is 0.256 e. The third-order valence-corrected chi connectivity index (χ3v) is 4.76. The Morgan fingerprint density at radius 1 is 1.25 bits per heavy atom. The molecule has 0 unspecified atom stereocenters. The molecule has 28 heavy (non-hydrogen) atoms. The van der Waals surface area contributed by atoms with Gasteiger partial charge in [0.05, 0.1) is 41.9 Å². The van der Waals surface area contributed by atoms with Crippen molar-refractivity contribution >= 4 is 29.2 Å². The summed E-state index contributed by atoms with van der Waals surface area (Å²) in [5, 5.41) is 2.80. The van der Waals surface area contributed by atoms with Crippen molar-refractivity contribution in [3.8, 4) is 5.88 Å². The molecule has 0 radical (unpaired) electrons. The lowest BCUT2D eigenvalue weighted by Crippen LogP contribution is -2.31. The minimum Gasteiger partial charge on any atom is -0.472 e. The summed E-state index contributed by atoms with van der Waals surface area (Å²) in [5.74, 6) is 0.0462. The summed E-state index contributed by atoms with van der Waals surface area (Å²) in [6.07, 6.45) is 3.07. The number of carbonyl (C=O) groups is 2. The number of aryl methyl sites for hydroxylation is 1. The lowest BCUT2D eigenvalue weighted by atomic mass is 10.1. The first-order chi connectivity index (χ1) is 13.4. The highest BCUT2D eigenvalue weighted by molar-refractivity contribution is 6.35. The Balaban J connectivity index is 1.83. The molecule has 2 aliphatic rings. The number of anilines is 1. The molecule has 4 rings (SSSR count). The number of hydrogen-bond acceptors (Lipinski definition) is 5. The fourth-order valence-corrected chi connectivity index (χ4v) is 3.32. The zero-order valence-corrected chi connectivity index (χ0v) is 16.0. The van der Waals surface area contributed by atoms with E-state index in [4.69, 9.17) is 9.47 Å². The summed E-state index contributed by atoms with van der Waals surface area (Å²) in [4.78, 5) is 34.5. The Hall–Kier alpha value is -3.13. The average Bonchev–Trinajstić information content (AvgIpc) is 3.17. The molecule has 0 saturated carbocycles. The summed E-state index contributed by atoms with van der Waals surface area (Å²) in [6.45, 7) is 4.98. The van der Waals surface area contributed by atoms with Crippen LogP contribution >= 0.6 is 0 Å². The molecule has 0 fully saturated rings. The Labute approximate surface area is 162 Å². The summed E-state index contributed by atoms with van der Waals surface area (Å²) in [6, 6.07) is 3.53. The number of nitrogens with one attached hydrogen (secondary N) is 2. The van der Waals surface area contributed by atoms with E-state index < -0.39 is 0 Å². The van der Waals surface area contributed by atoms with E-state index >= 15 is 0 Å². The van der Waals surface area contributed by atoms with Crippen LogP contribution in [0, 0.1) is 6.92 Å². The van der Waals surface area contributed by atoms with E-state index in [0.717, 1.165) is 5.69 Å². The van der Waals surface area contributed by atoms with Crippen molar-refractivity contribution in [1.29, 1.82) is 0 Å². The summed E-state index contributed by atoms with van der Waals surface area (Å²) < 4.78 is 11.5. The minimum absolute atomic E-state index is 0.131. The third-order valence-electron chi connectivity index (χ3n) is 4.76. The van der Waals surface area contributed by atoms with Gasteiger partial charge in [-0.25, -0.2) is 4.98 Å². The molecule has 8 nitrogen and oxygen atoms in total. The minimum atomic E-state index is -0.242. The number of carbonyl (C=O) groups excluding carboxylic acids is 2. The maximum absolute atomic E-state index is 12.9. The van der Waals surface area contributed by atoms with E-state index in [2.05, 4.69) is 15.3 Å². The van der Waals surface area contributed by atoms with Gasteiger partial charge in [0.25, 0.3) is 11.8 Å². The number of ether oxygens (including phenoxy) is 2. The first-order valence-electron chi connectivity index (χ1n) is 9.15. The Bertz CT molecular complexity index is 979. The quantitative estimate of drug-likeness (QED) is 0.727. The molecule has 0 aliphatic carbocycles. The van der Waals surface area contributed by atoms with Crippen LogP contribution in [-0.2, 0) is 9.53 Å². The van der Waals surface area contributed by atoms with Gasteiger partial charge in [0, 0.05) is 30.9 Å². The molecular formula is C20H22N4O4. The van der Waals surface area contributed by atoms with Crippen LogP contribution in [-0.4, -0.2) is 59.6 Å². The number of pyridine rings is 1. The van der Waals surface area contributed by atoms with Crippen molar-refractivity contribution in [2.24, 2.45) is 0 Å². The zero-order chi connectivity index (χ0) is 19.8. The second kappa shape index (κ2) is 7.12. The van der Waals surface area contributed by atoms with Gasteiger partial charge >= 0.3 is 0 Å². The van der Waals surface area contributed by atoms with E-state index in [1.165, 1.54) is 0 Å². The molecule has 0 saturated heterocycles. The van der Waals surface area contributed by atoms with E-state index in [9.17, 15) is 9.59 Å². The van der Waals surface area contributed by atoms with E-state index in [-0.39, 0.29) is 17.9 Å². The number of rotatable bonds is 0. The van der Waals surface area contributed by atoms with Crippen molar-refractivity contribution < 1.29 is 19.1 Å². The van der Waals surface area contributed by atoms with E-state index in [1.807, 2.05) is 13.8 Å². The Morgan fingerprint density at radius 2 is 2.07 bits per heavy atom. The molecule has 2 bridgehead atoms. The van der Waals surface area contributed by atoms with Crippen LogP contribution in [0.1, 0.15) is 34.2 Å². The Morgan fingerprint density at radius 3 is 2.89 bits per heavy atom. The van der Waals surface area contributed by atoms with Gasteiger partial charge < -0.3 is 24.7 Å². The van der Waals surface area contributed by atoms with Gasteiger partial charge in [0.1, 0.15) is 6.10 Å². The second-order valence-electron chi connectivity index (χ2n) is 7.09. The topological polar surface area (TPSA) is 96.6 Å². The van der Waals surface area contributed by atoms with Gasteiger partial charge in [-0.15, -0.1) is 0 Å². The first kappa shape index (κ1) is 18.2. The molecule has 2 N–H and O–H groups in total. The number of fused-ring (bicyclic) bond motifs is 2. The molecule has 2 aromatic rings. The van der Waals surface area contributed by atoms with E-state index in [1.54, 1.807) is 36.4 Å². The molecule has 0 spiro atoms. The van der Waals surface area contributed by atoms with Crippen LogP contribution in [0.25, 0.3) is 11.6 Å². The van der Waals surface area contributed by atoms with Crippen LogP contribution in [0.4, 0.5) is 5.69 Å². The molecular weight excluding hydrogens is 360 g/mol. The van der Waals surface area contributed by atoms with Gasteiger partial charge in [0.15, 0.2) is 0 Å². The number of aromatic amines is 1. The van der Waals surface area contributed by atoms with Crippen molar-refractivity contribution in [1.82, 2.24) is 14.9 Å². The van der Waals surface area contributed by atoms with Gasteiger partial charge in [0.2, 0.25) is 5.88 Å². The first-order valence-corrected chi connectivity index (χ1v) is 9.15. The number of hydrogen-bond donors (Lipinski definition) is 2. The maximum atomic E-state index is 12.9. The van der Waals surface area contributed by atoms with Gasteiger partial charge in [-0.1, -0.05) is 0 Å². The third kappa shape index (κ3) is 3.38. The molecule has 146 valence electrons. The van der Waals surface area contributed by atoms with Gasteiger partial charge in [-0.05, 0) is 26.0 Å². The highest BCUT2D eigenvalue weighted by atomic mass is 16.5. The van der Waals surface area contributed by atoms with Crippen LogP contribution in [0.3, 0.4) is 0 Å². The summed E-state index contributed by atoms with van der Waals surface area (Å²) in [5.41, 5.74) is 3.71. The average molecular weight is 382 g/mol. The van der Waals surface area contributed by atoms with E-state index in [0.29, 0.717) is 53.7 Å². The Kier molecular flexibility index (Phi) is 4.64. The van der Waals surface area contributed by atoms with Crippen LogP contribution in [0.2, 0.25) is 0 Å². The number of amides is 2. The summed E-state index contributed by atoms with van der Waals surface area (Å²) >= 11 is 0. The van der Waals surface area contributed by atoms with Crippen molar-refractivity contribution in [3.63, 3.8) is 0 Å². The van der Waals surface area contributed by atoms with Crippen LogP contribution < -0.4 is 10.1 Å². The lowest BCUT2D eigenvalue weighted by Gasteiger charge is -2.18. The van der Waals surface area contributed by atoms with Crippen molar-refractivity contribution in [3.05, 3.63) is 40.8 Å². The summed E-state index contributed by atoms with van der Waals surface area (Å²) in [7, 11) is 1.73. The molecule has 1 atom stereocenters. The van der Waals surface area contributed by atoms with Gasteiger partial charge in [-0.3, -0.25) is 9.59 Å². The lowest BCUT2D eigenvalue weighted by molar-refractivity contribution is -0.110. The SMILES string of the molecule is Cc1cc2c([nH]1)/C=C1\C(=O)Nc3cnc(cc31)O[C@@H](C)COCCN(C)C2=O. The highest BCUT2D eigenvalue weighted by Crippen LogP contribution is 2.35. The highest BCUT2D eigenvalue weighted by Gasteiger charge is 2.27. The van der Waals surface area contributed by atoms with Crippen LogP contribution in [0.5, 0.6) is 5.88 Å². The second-order valence-corrected chi connectivity index (χ2v) is 7.09. The monoisotopic (exact) mass is 382 g/mol. The molecule has 2 aliphatic heterocycles. The number of aromatic nitrogens is 2. The van der Waals surface area contributed by atoms with Crippen molar-refractivity contribution in [2.45, 2.75) is 20.0 Å². The smallest absolute Gasteiger partial charge is 0.256 e. The molecule has 4 heterocycles. The molecule has 0 aromatic carbocycles. The van der Waals surface area contributed by atoms with Crippen molar-refractivity contribution in [2.75, 3.05) is 32.1 Å². The predicted octanol–water partition coefficient (Wildman–Crippen LogP) is 2.08. The number of likely N-dealkylation sites (N-methyl/N-ethyl adjacent to an activating group) is 1. The number of nitrogens with zero attached hydrogens (tertiary/aromatic N) is 2. The standard InChI is InChI=1S/C20H22N4O4/c1-11-6-15-16(22-11)7-14-13-8-18(21-9-17(13)23-19(14)25)28-12(2)10-27-5-4-24(3)20(15)26/h6-9,12,22H,4-5,10H2,1-3H3,(H,23,25)/b14-7-/t12-/m0/s1. The predicted molar refractivity (Wildman–Crippen MR) is 104 cm³/mol. The number of H-pyrrole nitrogens is 1. The fraction of sp³-hybridized carbons (Fsp3) is 0.350. The van der Waals surface area contributed by atoms with Crippen LogP contribution in [0.15, 0.2) is 18.3 Å². The normalized spacial score (nSPS) is 21.8. The fourth-order valence-electron chi connectivity index (χ4n) is 3.32. The largest absolute Gasteiger partial charge is 0.472 e. The molecule has 2 amide bonds. The molecule has 2 aromatic heterocycles. The molecule has 8 heteroatoms. The zero-order valence-electron chi connectivity index (χ0n) is 16.0.